The van der Waals surface area contributed by atoms with E-state index in [1.54, 1.807) is 0 Å². The van der Waals surface area contributed by atoms with Crippen molar-refractivity contribution in [1.29, 1.82) is 0 Å². The van der Waals surface area contributed by atoms with Crippen LogP contribution < -0.4 is 10.6 Å². The Balaban J connectivity index is 2.11. The van der Waals surface area contributed by atoms with Crippen molar-refractivity contribution in [3.63, 3.8) is 0 Å². The highest BCUT2D eigenvalue weighted by molar-refractivity contribution is 5.95. The van der Waals surface area contributed by atoms with Gasteiger partial charge in [-0.1, -0.05) is 0 Å². The van der Waals surface area contributed by atoms with Gasteiger partial charge in [-0.25, -0.2) is 0 Å². The summed E-state index contributed by atoms with van der Waals surface area (Å²) in [6.45, 7) is 2.35. The fourth-order valence-corrected chi connectivity index (χ4v) is 3.08. The van der Waals surface area contributed by atoms with E-state index in [-0.39, 0.29) is 33.9 Å². The number of carbonyl (C=O) groups excluding carboxylic acids is 2. The quantitative estimate of drug-likeness (QED) is 0.463. The molecule has 0 bridgehead atoms. The number of hydrogen-bond acceptors (Lipinski definition) is 4. The summed E-state index contributed by atoms with van der Waals surface area (Å²) in [4.78, 5) is 22.9. The zero-order valence-electron chi connectivity index (χ0n) is 17.6. The normalized spacial score (nSPS) is 11.8. The Bertz CT molecular complexity index is 1140. The van der Waals surface area contributed by atoms with Crippen LogP contribution in [0.2, 0.25) is 0 Å². The summed E-state index contributed by atoms with van der Waals surface area (Å²) in [6.07, 6.45) is -9.33. The molecule has 0 spiro atoms. The standard InChI is InChI=1S/C22H16F6N4O2/c1-11(33)29-17-5-3-13(21(23,24)25)9-15(17)19-7-8-20(32-31-19)16-10-14(22(26,27)28)4-6-18(16)30-12(2)34/h3-10H,1-2H3,(H,29,33)(H,30,34). The van der Waals surface area contributed by atoms with Gasteiger partial charge in [0.25, 0.3) is 0 Å². The maximum absolute atomic E-state index is 13.2. The molecular weight excluding hydrogens is 466 g/mol. The first kappa shape index (κ1) is 24.7. The minimum absolute atomic E-state index is 0.0422. The number of carbonyl (C=O) groups is 2. The Kier molecular flexibility index (Phi) is 6.62. The van der Waals surface area contributed by atoms with Crippen molar-refractivity contribution in [2.24, 2.45) is 0 Å². The predicted molar refractivity (Wildman–Crippen MR) is 112 cm³/mol. The van der Waals surface area contributed by atoms with E-state index in [1.807, 2.05) is 0 Å². The average Bonchev–Trinajstić information content (AvgIpc) is 2.72. The summed E-state index contributed by atoms with van der Waals surface area (Å²) in [5.74, 6) is -1.07. The first-order chi connectivity index (χ1) is 15.8. The van der Waals surface area contributed by atoms with Crippen molar-refractivity contribution < 1.29 is 35.9 Å². The highest BCUT2D eigenvalue weighted by atomic mass is 19.4. The third kappa shape index (κ3) is 5.69. The molecule has 0 aliphatic carbocycles. The Hall–Kier alpha value is -3.96. The molecule has 2 N–H and O–H groups in total. The molecule has 0 aliphatic heterocycles. The van der Waals surface area contributed by atoms with E-state index in [4.69, 9.17) is 0 Å². The summed E-state index contributed by atoms with van der Waals surface area (Å²) in [5.41, 5.74) is -2.20. The fraction of sp³-hybridized carbons (Fsp3) is 0.182. The number of amides is 2. The van der Waals surface area contributed by atoms with Gasteiger partial charge in [0.05, 0.1) is 33.9 Å². The molecule has 12 heteroatoms. The van der Waals surface area contributed by atoms with Crippen LogP contribution in [0.3, 0.4) is 0 Å². The molecule has 0 radical (unpaired) electrons. The molecule has 0 aliphatic rings. The summed E-state index contributed by atoms with van der Waals surface area (Å²) >= 11 is 0. The summed E-state index contributed by atoms with van der Waals surface area (Å²) in [5, 5.41) is 12.5. The zero-order valence-corrected chi connectivity index (χ0v) is 17.6. The van der Waals surface area contributed by atoms with Crippen molar-refractivity contribution in [1.82, 2.24) is 10.2 Å². The Morgan fingerprint density at radius 1 is 0.647 bits per heavy atom. The Labute approximate surface area is 189 Å². The molecule has 34 heavy (non-hydrogen) atoms. The van der Waals surface area contributed by atoms with E-state index >= 15 is 0 Å². The van der Waals surface area contributed by atoms with Gasteiger partial charge in [0.15, 0.2) is 0 Å². The van der Waals surface area contributed by atoms with Gasteiger partial charge in [0.1, 0.15) is 0 Å². The minimum atomic E-state index is -4.66. The van der Waals surface area contributed by atoms with Gasteiger partial charge in [-0.15, -0.1) is 10.2 Å². The second-order valence-corrected chi connectivity index (χ2v) is 7.18. The summed E-state index contributed by atoms with van der Waals surface area (Å²) in [7, 11) is 0. The molecule has 178 valence electrons. The first-order valence-electron chi connectivity index (χ1n) is 9.58. The van der Waals surface area contributed by atoms with Crippen LogP contribution >= 0.6 is 0 Å². The third-order valence-electron chi connectivity index (χ3n) is 4.53. The van der Waals surface area contributed by atoms with Crippen molar-refractivity contribution in [3.8, 4) is 22.5 Å². The van der Waals surface area contributed by atoms with Crippen LogP contribution in [-0.2, 0) is 21.9 Å². The van der Waals surface area contributed by atoms with E-state index in [1.165, 1.54) is 26.0 Å². The number of nitrogens with zero attached hydrogens (tertiary/aromatic N) is 2. The molecule has 0 atom stereocenters. The lowest BCUT2D eigenvalue weighted by Crippen LogP contribution is -2.11. The highest BCUT2D eigenvalue weighted by Crippen LogP contribution is 2.38. The second-order valence-electron chi connectivity index (χ2n) is 7.18. The number of rotatable bonds is 4. The van der Waals surface area contributed by atoms with Crippen molar-refractivity contribution in [2.75, 3.05) is 10.6 Å². The van der Waals surface area contributed by atoms with Crippen LogP contribution in [0.5, 0.6) is 0 Å². The van der Waals surface area contributed by atoms with Gasteiger partial charge in [-0.2, -0.15) is 26.3 Å². The molecule has 1 aromatic heterocycles. The number of anilines is 2. The molecule has 0 saturated heterocycles. The van der Waals surface area contributed by atoms with Crippen LogP contribution in [0.4, 0.5) is 37.7 Å². The molecule has 1 heterocycles. The molecule has 3 aromatic rings. The van der Waals surface area contributed by atoms with Crippen LogP contribution in [0.1, 0.15) is 25.0 Å². The SMILES string of the molecule is CC(=O)Nc1ccc(C(F)(F)F)cc1-c1ccc(-c2cc(C(F)(F)F)ccc2NC(C)=O)nn1. The predicted octanol–water partition coefficient (Wildman–Crippen LogP) is 5.77. The molecule has 6 nitrogen and oxygen atoms in total. The third-order valence-corrected chi connectivity index (χ3v) is 4.53. The fourth-order valence-electron chi connectivity index (χ4n) is 3.08. The second kappa shape index (κ2) is 9.12. The molecular formula is C22H16F6N4O2. The Morgan fingerprint density at radius 2 is 1.00 bits per heavy atom. The largest absolute Gasteiger partial charge is 0.416 e. The molecule has 2 amide bonds. The van der Waals surface area contributed by atoms with Gasteiger partial charge in [-0.05, 0) is 48.5 Å². The molecule has 3 rings (SSSR count). The number of benzene rings is 2. The lowest BCUT2D eigenvalue weighted by Gasteiger charge is -2.15. The van der Waals surface area contributed by atoms with E-state index in [0.717, 1.165) is 36.4 Å². The van der Waals surface area contributed by atoms with Crippen LogP contribution in [0.25, 0.3) is 22.5 Å². The number of halogens is 6. The lowest BCUT2D eigenvalue weighted by molar-refractivity contribution is -0.138. The van der Waals surface area contributed by atoms with Gasteiger partial charge >= 0.3 is 12.4 Å². The maximum Gasteiger partial charge on any atom is 0.416 e. The van der Waals surface area contributed by atoms with Gasteiger partial charge in [-0.3, -0.25) is 9.59 Å². The zero-order chi connectivity index (χ0) is 25.3. The van der Waals surface area contributed by atoms with Crippen molar-refractivity contribution >= 4 is 23.2 Å². The van der Waals surface area contributed by atoms with Crippen molar-refractivity contribution in [3.05, 3.63) is 59.7 Å². The molecule has 0 fully saturated rings. The highest BCUT2D eigenvalue weighted by Gasteiger charge is 2.32. The monoisotopic (exact) mass is 482 g/mol. The van der Waals surface area contributed by atoms with Gasteiger partial charge in [0, 0.05) is 25.0 Å². The summed E-state index contributed by atoms with van der Waals surface area (Å²) in [6, 6.07) is 7.78. The van der Waals surface area contributed by atoms with E-state index in [2.05, 4.69) is 20.8 Å². The molecule has 0 unspecified atom stereocenters. The number of nitrogens with one attached hydrogen (secondary N) is 2. The Morgan fingerprint density at radius 3 is 1.26 bits per heavy atom. The minimum Gasteiger partial charge on any atom is -0.326 e. The molecule has 2 aromatic carbocycles. The van der Waals surface area contributed by atoms with E-state index in [0.29, 0.717) is 0 Å². The lowest BCUT2D eigenvalue weighted by atomic mass is 10.0. The topological polar surface area (TPSA) is 84.0 Å². The van der Waals surface area contributed by atoms with E-state index in [9.17, 15) is 35.9 Å². The van der Waals surface area contributed by atoms with E-state index < -0.39 is 35.3 Å². The number of alkyl halides is 6. The number of aromatic nitrogens is 2. The van der Waals surface area contributed by atoms with Gasteiger partial charge < -0.3 is 10.6 Å². The van der Waals surface area contributed by atoms with Crippen LogP contribution in [0.15, 0.2) is 48.5 Å². The van der Waals surface area contributed by atoms with Gasteiger partial charge in [0.2, 0.25) is 11.8 Å². The van der Waals surface area contributed by atoms with Crippen LogP contribution in [-0.4, -0.2) is 22.0 Å². The molecule has 0 saturated carbocycles. The summed E-state index contributed by atoms with van der Waals surface area (Å²) < 4.78 is 79.2. The average molecular weight is 482 g/mol. The van der Waals surface area contributed by atoms with Crippen molar-refractivity contribution in [2.45, 2.75) is 26.2 Å². The maximum atomic E-state index is 13.2. The smallest absolute Gasteiger partial charge is 0.326 e. The number of hydrogen-bond donors (Lipinski definition) is 2. The first-order valence-corrected chi connectivity index (χ1v) is 9.58. The van der Waals surface area contributed by atoms with Crippen LogP contribution in [0, 0.1) is 0 Å².